The largest absolute Gasteiger partial charge is 0.369 e. The quantitative estimate of drug-likeness (QED) is 0.760. The van der Waals surface area contributed by atoms with Crippen molar-refractivity contribution in [2.75, 3.05) is 13.1 Å². The summed E-state index contributed by atoms with van der Waals surface area (Å²) in [5.41, 5.74) is 4.87. The predicted molar refractivity (Wildman–Crippen MR) is 94.5 cm³/mol. The molecule has 3 N–H and O–H groups in total. The van der Waals surface area contributed by atoms with E-state index in [0.29, 0.717) is 38.2 Å². The predicted octanol–water partition coefficient (Wildman–Crippen LogP) is 2.27. The lowest BCUT2D eigenvalue weighted by atomic mass is 9.91. The van der Waals surface area contributed by atoms with Gasteiger partial charge in [-0.2, -0.15) is 0 Å². The highest BCUT2D eigenvalue weighted by molar-refractivity contribution is 7.09. The molecule has 0 bridgehead atoms. The molecule has 2 atom stereocenters. The molecule has 2 aromatic rings. The zero-order valence-corrected chi connectivity index (χ0v) is 15.1. The third-order valence-electron chi connectivity index (χ3n) is 4.59. The number of piperidine rings is 1. The lowest BCUT2D eigenvalue weighted by Crippen LogP contribution is -2.54. The van der Waals surface area contributed by atoms with Crippen LogP contribution in [0.3, 0.4) is 0 Å². The molecule has 0 spiro atoms. The summed E-state index contributed by atoms with van der Waals surface area (Å²) in [7, 11) is 0. The highest BCUT2D eigenvalue weighted by Crippen LogP contribution is 2.22. The van der Waals surface area contributed by atoms with E-state index in [1.165, 1.54) is 0 Å². The molecule has 1 aliphatic heterocycles. The number of likely N-dealkylation sites (tertiary alicyclic amines) is 1. The van der Waals surface area contributed by atoms with Crippen molar-refractivity contribution in [3.8, 4) is 0 Å². The topological polar surface area (TPSA) is 75.4 Å². The van der Waals surface area contributed by atoms with Crippen LogP contribution in [-0.2, 0) is 11.3 Å². The van der Waals surface area contributed by atoms with E-state index in [1.807, 2.05) is 17.5 Å². The molecule has 1 fully saturated rings. The van der Waals surface area contributed by atoms with Crippen molar-refractivity contribution in [3.63, 3.8) is 0 Å². The summed E-state index contributed by atoms with van der Waals surface area (Å²) in [4.78, 5) is 27.4. The van der Waals surface area contributed by atoms with Gasteiger partial charge in [-0.25, -0.2) is 13.2 Å². The first-order chi connectivity index (χ1) is 12.8. The van der Waals surface area contributed by atoms with Gasteiger partial charge in [-0.05, 0) is 23.9 Å². The fourth-order valence-electron chi connectivity index (χ4n) is 3.19. The first-order valence-corrected chi connectivity index (χ1v) is 9.22. The number of primary amides is 1. The van der Waals surface area contributed by atoms with Crippen molar-refractivity contribution in [2.24, 2.45) is 11.7 Å². The number of nitrogens with two attached hydrogens (primary N) is 1. The molecule has 5 nitrogen and oxygen atoms in total. The Labute approximate surface area is 158 Å². The van der Waals surface area contributed by atoms with Gasteiger partial charge >= 0.3 is 0 Å². The van der Waals surface area contributed by atoms with Crippen molar-refractivity contribution >= 4 is 23.2 Å². The zero-order chi connectivity index (χ0) is 19.6. The molecule has 0 radical (unpaired) electrons. The van der Waals surface area contributed by atoms with Crippen molar-refractivity contribution in [2.45, 2.75) is 19.0 Å². The summed E-state index contributed by atoms with van der Waals surface area (Å²) in [6.45, 7) is 1.62. The van der Waals surface area contributed by atoms with E-state index in [2.05, 4.69) is 10.2 Å². The van der Waals surface area contributed by atoms with E-state index < -0.39 is 46.8 Å². The van der Waals surface area contributed by atoms with E-state index in [4.69, 9.17) is 5.73 Å². The Hall–Kier alpha value is -2.39. The Kier molecular flexibility index (Phi) is 5.81. The molecule has 1 aromatic carbocycles. The molecule has 0 aliphatic carbocycles. The third-order valence-corrected chi connectivity index (χ3v) is 5.45. The molecule has 27 heavy (non-hydrogen) atoms. The minimum Gasteiger partial charge on any atom is -0.369 e. The van der Waals surface area contributed by atoms with Gasteiger partial charge < -0.3 is 11.1 Å². The highest BCUT2D eigenvalue weighted by atomic mass is 32.1. The number of rotatable bonds is 5. The molecule has 2 heterocycles. The average molecular weight is 397 g/mol. The number of carbonyl (C=O) groups excluding carboxylic acids is 2. The molecule has 3 rings (SSSR count). The number of halogens is 3. The fraction of sp³-hybridized carbons (Fsp3) is 0.333. The third kappa shape index (κ3) is 4.48. The summed E-state index contributed by atoms with van der Waals surface area (Å²) in [5.74, 6) is -6.02. The number of carbonyl (C=O) groups is 2. The molecule has 1 saturated heterocycles. The van der Waals surface area contributed by atoms with E-state index in [9.17, 15) is 22.8 Å². The Bertz CT molecular complexity index is 845. The van der Waals surface area contributed by atoms with Crippen LogP contribution in [0.1, 0.15) is 21.7 Å². The minimum absolute atomic E-state index is 0.319. The second-order valence-corrected chi connectivity index (χ2v) is 7.47. The maximum absolute atomic E-state index is 13.8. The van der Waals surface area contributed by atoms with Gasteiger partial charge in [-0.1, -0.05) is 6.07 Å². The standard InChI is InChI=1S/C18H18F3N3O2S/c19-13-7-15(21)14(20)6-11(13)18(26)23-16-3-4-24(9-12(16)17(22)25)8-10-2-1-5-27-10/h1-2,5-7,12,16H,3-4,8-9H2,(H2,22,25)(H,23,26). The fourth-order valence-corrected chi connectivity index (χ4v) is 3.94. The monoisotopic (exact) mass is 397 g/mol. The van der Waals surface area contributed by atoms with Gasteiger partial charge in [-0.3, -0.25) is 14.5 Å². The molecule has 1 aliphatic rings. The van der Waals surface area contributed by atoms with Crippen LogP contribution in [0.5, 0.6) is 0 Å². The molecule has 144 valence electrons. The van der Waals surface area contributed by atoms with Crippen LogP contribution in [0.15, 0.2) is 29.6 Å². The van der Waals surface area contributed by atoms with E-state index >= 15 is 0 Å². The maximum atomic E-state index is 13.8. The van der Waals surface area contributed by atoms with Crippen LogP contribution in [0.4, 0.5) is 13.2 Å². The van der Waals surface area contributed by atoms with Crippen LogP contribution in [0.2, 0.25) is 0 Å². The van der Waals surface area contributed by atoms with Gasteiger partial charge in [0.1, 0.15) is 5.82 Å². The van der Waals surface area contributed by atoms with E-state index in [1.54, 1.807) is 11.3 Å². The zero-order valence-electron chi connectivity index (χ0n) is 14.3. The van der Waals surface area contributed by atoms with Gasteiger partial charge in [-0.15, -0.1) is 11.3 Å². The minimum atomic E-state index is -1.37. The number of hydrogen-bond donors (Lipinski definition) is 2. The highest BCUT2D eigenvalue weighted by Gasteiger charge is 2.34. The van der Waals surface area contributed by atoms with Crippen molar-refractivity contribution in [1.29, 1.82) is 0 Å². The second-order valence-electron chi connectivity index (χ2n) is 6.44. The number of amides is 2. The van der Waals surface area contributed by atoms with Crippen molar-refractivity contribution in [3.05, 3.63) is 57.5 Å². The van der Waals surface area contributed by atoms with Crippen LogP contribution in [0.25, 0.3) is 0 Å². The molecule has 0 saturated carbocycles. The Morgan fingerprint density at radius 3 is 2.63 bits per heavy atom. The smallest absolute Gasteiger partial charge is 0.254 e. The Morgan fingerprint density at radius 2 is 1.96 bits per heavy atom. The number of hydrogen-bond acceptors (Lipinski definition) is 4. The van der Waals surface area contributed by atoms with Crippen molar-refractivity contribution < 1.29 is 22.8 Å². The number of nitrogens with one attached hydrogen (secondary N) is 1. The first kappa shape index (κ1) is 19.4. The van der Waals surface area contributed by atoms with Crippen LogP contribution in [0, 0.1) is 23.4 Å². The Morgan fingerprint density at radius 1 is 1.22 bits per heavy atom. The van der Waals surface area contributed by atoms with Crippen molar-refractivity contribution in [1.82, 2.24) is 10.2 Å². The van der Waals surface area contributed by atoms with Crippen LogP contribution < -0.4 is 11.1 Å². The van der Waals surface area contributed by atoms with Gasteiger partial charge in [0.2, 0.25) is 5.91 Å². The average Bonchev–Trinajstić information content (AvgIpc) is 3.12. The molecule has 1 aromatic heterocycles. The normalized spacial score (nSPS) is 20.4. The summed E-state index contributed by atoms with van der Waals surface area (Å²) < 4.78 is 40.2. The van der Waals surface area contributed by atoms with Gasteiger partial charge in [0.05, 0.1) is 11.5 Å². The number of thiophene rings is 1. The van der Waals surface area contributed by atoms with E-state index in [-0.39, 0.29) is 0 Å². The van der Waals surface area contributed by atoms with Crippen LogP contribution >= 0.6 is 11.3 Å². The van der Waals surface area contributed by atoms with Gasteiger partial charge in [0, 0.05) is 36.6 Å². The molecule has 2 amide bonds. The summed E-state index contributed by atoms with van der Waals surface area (Å²) in [5, 5.41) is 4.50. The number of nitrogens with zero attached hydrogens (tertiary/aromatic N) is 1. The van der Waals surface area contributed by atoms with Gasteiger partial charge in [0.25, 0.3) is 5.91 Å². The van der Waals surface area contributed by atoms with E-state index in [0.717, 1.165) is 4.88 Å². The SMILES string of the molecule is NC(=O)C1CN(Cc2cccs2)CCC1NC(=O)c1cc(F)c(F)cc1F. The van der Waals surface area contributed by atoms with Crippen LogP contribution in [-0.4, -0.2) is 35.8 Å². The Balaban J connectivity index is 1.69. The maximum Gasteiger partial charge on any atom is 0.254 e. The summed E-state index contributed by atoms with van der Waals surface area (Å²) in [6.07, 6.45) is 0.427. The van der Waals surface area contributed by atoms with Gasteiger partial charge in [0.15, 0.2) is 11.6 Å². The molecular formula is C18H18F3N3O2S. The summed E-state index contributed by atoms with van der Waals surface area (Å²) in [6, 6.07) is 4.14. The molecule has 9 heteroatoms. The lowest BCUT2D eigenvalue weighted by Gasteiger charge is -2.37. The lowest BCUT2D eigenvalue weighted by molar-refractivity contribution is -0.124. The first-order valence-electron chi connectivity index (χ1n) is 8.34. The second kappa shape index (κ2) is 8.10. The molecule has 2 unspecified atom stereocenters. The number of benzene rings is 1. The molecular weight excluding hydrogens is 379 g/mol. The summed E-state index contributed by atoms with van der Waals surface area (Å²) >= 11 is 1.60.